The lowest BCUT2D eigenvalue weighted by Crippen LogP contribution is -2.38. The molecular formula is C12H17NO4. The van der Waals surface area contributed by atoms with Crippen LogP contribution in [0.4, 0.5) is 0 Å². The Labute approximate surface area is 100 Å². The Balaban J connectivity index is 2.67. The molecule has 1 atom stereocenters. The number of nitrogens with one attached hydrogen (secondary N) is 1. The number of phenolic OH excluding ortho intramolecular Hbond substituents is 1. The van der Waals surface area contributed by atoms with Crippen LogP contribution < -0.4 is 5.32 Å². The smallest absolute Gasteiger partial charge is 0.255 e. The van der Waals surface area contributed by atoms with Gasteiger partial charge in [-0.15, -0.1) is 0 Å². The number of benzene rings is 1. The van der Waals surface area contributed by atoms with Crippen molar-refractivity contribution < 1.29 is 19.7 Å². The topological polar surface area (TPSA) is 78.8 Å². The maximum atomic E-state index is 11.8. The van der Waals surface area contributed by atoms with Gasteiger partial charge in [0.25, 0.3) is 5.91 Å². The van der Waals surface area contributed by atoms with Gasteiger partial charge >= 0.3 is 0 Å². The summed E-state index contributed by atoms with van der Waals surface area (Å²) in [6.45, 7) is 0.287. The van der Waals surface area contributed by atoms with Gasteiger partial charge in [0, 0.05) is 13.7 Å². The molecule has 1 rings (SSSR count). The molecule has 94 valence electrons. The number of aromatic hydroxyl groups is 1. The number of hydrogen-bond donors (Lipinski definition) is 3. The Morgan fingerprint density at radius 2 is 2.18 bits per heavy atom. The zero-order chi connectivity index (χ0) is 12.7. The van der Waals surface area contributed by atoms with E-state index in [4.69, 9.17) is 9.84 Å². The molecule has 1 aromatic carbocycles. The summed E-state index contributed by atoms with van der Waals surface area (Å²) >= 11 is 0. The first-order valence-corrected chi connectivity index (χ1v) is 5.37. The van der Waals surface area contributed by atoms with E-state index in [1.807, 2.05) is 0 Å². The number of phenols is 1. The van der Waals surface area contributed by atoms with Crippen LogP contribution >= 0.6 is 0 Å². The van der Waals surface area contributed by atoms with E-state index in [0.717, 1.165) is 0 Å². The highest BCUT2D eigenvalue weighted by Crippen LogP contribution is 2.15. The molecule has 17 heavy (non-hydrogen) atoms. The molecule has 1 unspecified atom stereocenters. The summed E-state index contributed by atoms with van der Waals surface area (Å²) in [5, 5.41) is 21.0. The lowest BCUT2D eigenvalue weighted by atomic mass is 10.1. The normalized spacial score (nSPS) is 12.1. The minimum Gasteiger partial charge on any atom is -0.507 e. The van der Waals surface area contributed by atoms with Gasteiger partial charge in [-0.3, -0.25) is 4.79 Å². The first kappa shape index (κ1) is 13.5. The first-order valence-electron chi connectivity index (χ1n) is 5.37. The molecule has 0 spiro atoms. The number of methoxy groups -OCH3 is 1. The molecule has 0 aliphatic carbocycles. The second-order valence-electron chi connectivity index (χ2n) is 3.66. The van der Waals surface area contributed by atoms with Crippen molar-refractivity contribution in [3.05, 3.63) is 29.8 Å². The second-order valence-corrected chi connectivity index (χ2v) is 3.66. The summed E-state index contributed by atoms with van der Waals surface area (Å²) in [5.41, 5.74) is 0.214. The summed E-state index contributed by atoms with van der Waals surface area (Å²) in [6, 6.07) is 6.04. The fourth-order valence-corrected chi connectivity index (χ4v) is 1.48. The molecule has 5 heteroatoms. The fraction of sp³-hybridized carbons (Fsp3) is 0.417. The monoisotopic (exact) mass is 239 g/mol. The molecule has 0 saturated heterocycles. The maximum Gasteiger partial charge on any atom is 0.255 e. The third-order valence-electron chi connectivity index (χ3n) is 2.33. The van der Waals surface area contributed by atoms with Gasteiger partial charge in [0.05, 0.1) is 18.2 Å². The molecule has 1 amide bonds. The van der Waals surface area contributed by atoms with Crippen molar-refractivity contribution in [1.29, 1.82) is 0 Å². The van der Waals surface area contributed by atoms with E-state index in [1.54, 1.807) is 12.1 Å². The van der Waals surface area contributed by atoms with Crippen LogP contribution in [-0.2, 0) is 4.74 Å². The van der Waals surface area contributed by atoms with Crippen molar-refractivity contribution >= 4 is 5.91 Å². The number of aliphatic hydroxyl groups is 1. The van der Waals surface area contributed by atoms with Crippen molar-refractivity contribution in [3.63, 3.8) is 0 Å². The molecule has 0 aliphatic rings. The lowest BCUT2D eigenvalue weighted by molar-refractivity contribution is 0.0876. The summed E-state index contributed by atoms with van der Waals surface area (Å²) in [4.78, 5) is 11.8. The minimum absolute atomic E-state index is 0.0327. The van der Waals surface area contributed by atoms with Crippen molar-refractivity contribution in [2.45, 2.75) is 12.5 Å². The summed E-state index contributed by atoms with van der Waals surface area (Å²) < 4.78 is 4.94. The quantitative estimate of drug-likeness (QED) is 0.676. The highest BCUT2D eigenvalue weighted by atomic mass is 16.5. The number of rotatable bonds is 6. The molecule has 3 N–H and O–H groups in total. The highest BCUT2D eigenvalue weighted by molar-refractivity contribution is 5.96. The predicted molar refractivity (Wildman–Crippen MR) is 62.9 cm³/mol. The predicted octanol–water partition coefficient (Wildman–Crippen LogP) is 0.519. The van der Waals surface area contributed by atoms with E-state index in [2.05, 4.69) is 5.32 Å². The van der Waals surface area contributed by atoms with Crippen molar-refractivity contribution in [1.82, 2.24) is 5.32 Å². The molecule has 0 heterocycles. The first-order chi connectivity index (χ1) is 8.19. The van der Waals surface area contributed by atoms with Gasteiger partial charge in [-0.25, -0.2) is 0 Å². The molecule has 0 aromatic heterocycles. The molecule has 0 aliphatic heterocycles. The number of carbonyl (C=O) groups excluding carboxylic acids is 1. The third kappa shape index (κ3) is 4.05. The van der Waals surface area contributed by atoms with E-state index >= 15 is 0 Å². The molecule has 0 fully saturated rings. The van der Waals surface area contributed by atoms with Gasteiger partial charge in [0.2, 0.25) is 0 Å². The van der Waals surface area contributed by atoms with E-state index in [-0.39, 0.29) is 29.9 Å². The number of amides is 1. The SMILES string of the molecule is COCC(CCO)NC(=O)c1ccccc1O. The summed E-state index contributed by atoms with van der Waals surface area (Å²) in [5.74, 6) is -0.441. The van der Waals surface area contributed by atoms with E-state index in [1.165, 1.54) is 19.2 Å². The van der Waals surface area contributed by atoms with Gasteiger partial charge < -0.3 is 20.3 Å². The Kier molecular flexibility index (Phi) is 5.45. The Morgan fingerprint density at radius 3 is 2.76 bits per heavy atom. The lowest BCUT2D eigenvalue weighted by Gasteiger charge is -2.17. The zero-order valence-electron chi connectivity index (χ0n) is 9.72. The molecule has 0 radical (unpaired) electrons. The Hall–Kier alpha value is -1.59. The van der Waals surface area contributed by atoms with Gasteiger partial charge in [-0.2, -0.15) is 0 Å². The van der Waals surface area contributed by atoms with Gasteiger partial charge in [0.15, 0.2) is 0 Å². The van der Waals surface area contributed by atoms with E-state index in [0.29, 0.717) is 13.0 Å². The van der Waals surface area contributed by atoms with Crippen molar-refractivity contribution in [3.8, 4) is 5.75 Å². The van der Waals surface area contributed by atoms with Crippen LogP contribution in [0.1, 0.15) is 16.8 Å². The van der Waals surface area contributed by atoms with E-state index < -0.39 is 0 Å². The molecular weight excluding hydrogens is 222 g/mol. The van der Waals surface area contributed by atoms with Crippen LogP contribution in [0.15, 0.2) is 24.3 Å². The highest BCUT2D eigenvalue weighted by Gasteiger charge is 2.15. The maximum absolute atomic E-state index is 11.8. The number of aliphatic hydroxyl groups excluding tert-OH is 1. The van der Waals surface area contributed by atoms with Crippen molar-refractivity contribution in [2.75, 3.05) is 20.3 Å². The zero-order valence-corrected chi connectivity index (χ0v) is 9.72. The fourth-order valence-electron chi connectivity index (χ4n) is 1.48. The molecule has 0 bridgehead atoms. The van der Waals surface area contributed by atoms with E-state index in [9.17, 15) is 9.90 Å². The van der Waals surface area contributed by atoms with Crippen molar-refractivity contribution in [2.24, 2.45) is 0 Å². The number of ether oxygens (including phenoxy) is 1. The number of carbonyl (C=O) groups is 1. The Bertz CT molecular complexity index is 361. The molecule has 5 nitrogen and oxygen atoms in total. The average Bonchev–Trinajstić information content (AvgIpc) is 2.30. The summed E-state index contributed by atoms with van der Waals surface area (Å²) in [7, 11) is 1.52. The largest absolute Gasteiger partial charge is 0.507 e. The number of para-hydroxylation sites is 1. The molecule has 1 aromatic rings. The van der Waals surface area contributed by atoms with Gasteiger partial charge in [0.1, 0.15) is 5.75 Å². The van der Waals surface area contributed by atoms with Gasteiger partial charge in [-0.1, -0.05) is 12.1 Å². The summed E-state index contributed by atoms with van der Waals surface area (Å²) in [6.07, 6.45) is 0.410. The van der Waals surface area contributed by atoms with Crippen LogP contribution in [0.5, 0.6) is 5.75 Å². The second kappa shape index (κ2) is 6.88. The van der Waals surface area contributed by atoms with Crippen LogP contribution in [0.3, 0.4) is 0 Å². The van der Waals surface area contributed by atoms with Crippen LogP contribution in [0.25, 0.3) is 0 Å². The standard InChI is InChI=1S/C12H17NO4/c1-17-8-9(6-7-14)13-12(16)10-4-2-3-5-11(10)15/h2-5,9,14-15H,6-8H2,1H3,(H,13,16). The minimum atomic E-state index is -0.376. The van der Waals surface area contributed by atoms with Crippen LogP contribution in [0.2, 0.25) is 0 Å². The van der Waals surface area contributed by atoms with Gasteiger partial charge in [-0.05, 0) is 18.6 Å². The average molecular weight is 239 g/mol. The third-order valence-corrected chi connectivity index (χ3v) is 2.33. The van der Waals surface area contributed by atoms with Crippen LogP contribution in [0, 0.1) is 0 Å². The number of hydrogen-bond acceptors (Lipinski definition) is 4. The Morgan fingerprint density at radius 1 is 1.47 bits per heavy atom. The molecule has 0 saturated carbocycles. The van der Waals surface area contributed by atoms with Crippen LogP contribution in [-0.4, -0.2) is 42.5 Å².